The maximum atomic E-state index is 13.4. The van der Waals surface area contributed by atoms with Crippen LogP contribution in [-0.4, -0.2) is 22.8 Å². The Morgan fingerprint density at radius 1 is 0.800 bits per heavy atom. The number of benzene rings is 2. The average Bonchev–Trinajstić information content (AvgIpc) is 3.29. The zero-order chi connectivity index (χ0) is 23.5. The molecule has 0 saturated heterocycles. The van der Waals surface area contributed by atoms with Crippen molar-refractivity contribution < 1.29 is 14.3 Å². The van der Waals surface area contributed by atoms with Crippen LogP contribution < -0.4 is 0 Å². The van der Waals surface area contributed by atoms with Gasteiger partial charge < -0.3 is 4.74 Å². The van der Waals surface area contributed by atoms with E-state index in [2.05, 4.69) is 12.1 Å². The Hall–Kier alpha value is -3.01. The molecule has 4 aliphatic rings. The van der Waals surface area contributed by atoms with E-state index in [1.54, 1.807) is 0 Å². The molecule has 3 fully saturated rings. The van der Waals surface area contributed by atoms with Gasteiger partial charge in [0.25, 0.3) is 0 Å². The number of para-hydroxylation sites is 2. The number of nitrogens with zero attached hydrogens (tertiary/aromatic N) is 1. The third kappa shape index (κ3) is 3.52. The Kier molecular flexibility index (Phi) is 5.04. The van der Waals surface area contributed by atoms with E-state index in [0.717, 1.165) is 66.2 Å². The van der Waals surface area contributed by atoms with Crippen LogP contribution in [0.1, 0.15) is 61.7 Å². The lowest BCUT2D eigenvalue weighted by Gasteiger charge is -2.49. The SMILES string of the molecule is O=C1C=C2CC[C@H]3[C@@H]4CC[C@H](OC(=O)c5cccc6cc7ccccc7nc56)[C@H]4CC[C@@H]3[C@H]2CC1. The molecule has 4 nitrogen and oxygen atoms in total. The molecule has 1 heterocycles. The molecule has 0 N–H and O–H groups in total. The summed E-state index contributed by atoms with van der Waals surface area (Å²) >= 11 is 0. The molecule has 0 spiro atoms. The van der Waals surface area contributed by atoms with Gasteiger partial charge in [-0.25, -0.2) is 9.78 Å². The second kappa shape index (κ2) is 8.29. The molecule has 1 aromatic heterocycles. The molecule has 4 aliphatic carbocycles. The lowest BCUT2D eigenvalue weighted by atomic mass is 9.56. The molecule has 2 aromatic carbocycles. The quantitative estimate of drug-likeness (QED) is 0.313. The number of carbonyl (C=O) groups excluding carboxylic acids is 2. The maximum Gasteiger partial charge on any atom is 0.340 e. The first kappa shape index (κ1) is 21.3. The van der Waals surface area contributed by atoms with Crippen molar-refractivity contribution in [3.05, 3.63) is 65.7 Å². The van der Waals surface area contributed by atoms with Gasteiger partial charge in [0, 0.05) is 17.2 Å². The highest BCUT2D eigenvalue weighted by atomic mass is 16.5. The smallest absolute Gasteiger partial charge is 0.340 e. The largest absolute Gasteiger partial charge is 0.458 e. The van der Waals surface area contributed by atoms with Gasteiger partial charge in [-0.1, -0.05) is 35.9 Å². The van der Waals surface area contributed by atoms with Crippen molar-refractivity contribution in [1.82, 2.24) is 4.98 Å². The van der Waals surface area contributed by atoms with E-state index in [1.807, 2.05) is 42.5 Å². The second-order valence-electron chi connectivity index (χ2n) is 11.2. The molecule has 0 radical (unpaired) electrons. The van der Waals surface area contributed by atoms with Crippen LogP contribution in [0, 0.1) is 29.6 Å². The molecule has 0 bridgehead atoms. The Balaban J connectivity index is 1.12. The molecule has 3 aromatic rings. The Labute approximate surface area is 205 Å². The summed E-state index contributed by atoms with van der Waals surface area (Å²) in [5.74, 6) is 3.27. The van der Waals surface area contributed by atoms with E-state index >= 15 is 0 Å². The van der Waals surface area contributed by atoms with Gasteiger partial charge in [-0.05, 0) is 98.8 Å². The first-order valence-corrected chi connectivity index (χ1v) is 13.4. The van der Waals surface area contributed by atoms with Gasteiger partial charge in [0.2, 0.25) is 0 Å². The van der Waals surface area contributed by atoms with Gasteiger partial charge in [-0.15, -0.1) is 0 Å². The molecular weight excluding hydrogens is 434 g/mol. The van der Waals surface area contributed by atoms with Gasteiger partial charge in [0.1, 0.15) is 6.10 Å². The van der Waals surface area contributed by atoms with E-state index in [-0.39, 0.29) is 12.1 Å². The van der Waals surface area contributed by atoms with Crippen molar-refractivity contribution in [2.75, 3.05) is 0 Å². The summed E-state index contributed by atoms with van der Waals surface area (Å²) in [6.45, 7) is 0. The zero-order valence-corrected chi connectivity index (χ0v) is 20.0. The summed E-state index contributed by atoms with van der Waals surface area (Å²) in [7, 11) is 0. The third-order valence-corrected chi connectivity index (χ3v) is 9.58. The third-order valence-electron chi connectivity index (χ3n) is 9.58. The summed E-state index contributed by atoms with van der Waals surface area (Å²) in [5.41, 5.74) is 3.63. The number of hydrogen-bond acceptors (Lipinski definition) is 4. The van der Waals surface area contributed by atoms with Gasteiger partial charge in [-0.2, -0.15) is 0 Å². The van der Waals surface area contributed by atoms with Crippen LogP contribution in [0.5, 0.6) is 0 Å². The van der Waals surface area contributed by atoms with Crippen LogP contribution in [0.4, 0.5) is 0 Å². The van der Waals surface area contributed by atoms with Gasteiger partial charge in [-0.3, -0.25) is 4.79 Å². The van der Waals surface area contributed by atoms with E-state index in [0.29, 0.717) is 35.0 Å². The molecule has 35 heavy (non-hydrogen) atoms. The monoisotopic (exact) mass is 465 g/mol. The fourth-order valence-corrected chi connectivity index (χ4v) is 8.10. The summed E-state index contributed by atoms with van der Waals surface area (Å²) < 4.78 is 6.25. The van der Waals surface area contributed by atoms with Gasteiger partial charge in [0.05, 0.1) is 16.6 Å². The van der Waals surface area contributed by atoms with Crippen molar-refractivity contribution in [2.45, 2.75) is 57.5 Å². The molecule has 3 saturated carbocycles. The number of esters is 1. The standard InChI is InChI=1S/C31H31NO3/c33-21-9-11-22-18(17-21)8-10-24-23(22)12-13-26-25(24)14-15-29(26)35-31(34)27-6-3-5-20-16-19-4-1-2-7-28(19)32-30(20)27/h1-7,16-17,22-26,29H,8-15H2/t22-,23+,24+,25-,26-,29-/m0/s1. The number of rotatable bonds is 2. The minimum Gasteiger partial charge on any atom is -0.458 e. The molecule has 0 unspecified atom stereocenters. The number of allylic oxidation sites excluding steroid dienone is 1. The van der Waals surface area contributed by atoms with E-state index in [9.17, 15) is 9.59 Å². The van der Waals surface area contributed by atoms with Gasteiger partial charge >= 0.3 is 5.97 Å². The van der Waals surface area contributed by atoms with Crippen molar-refractivity contribution in [1.29, 1.82) is 0 Å². The summed E-state index contributed by atoms with van der Waals surface area (Å²) in [6.07, 6.45) is 10.5. The lowest BCUT2D eigenvalue weighted by Crippen LogP contribution is -2.43. The molecule has 6 atom stereocenters. The highest BCUT2D eigenvalue weighted by Gasteiger charge is 2.51. The number of ether oxygens (including phenoxy) is 1. The summed E-state index contributed by atoms with van der Waals surface area (Å²) in [6, 6.07) is 15.9. The van der Waals surface area contributed by atoms with E-state index < -0.39 is 0 Å². The van der Waals surface area contributed by atoms with Crippen LogP contribution in [0.3, 0.4) is 0 Å². The summed E-state index contributed by atoms with van der Waals surface area (Å²) in [5, 5.41) is 2.05. The van der Waals surface area contributed by atoms with Crippen LogP contribution in [0.15, 0.2) is 60.2 Å². The predicted molar refractivity (Wildman–Crippen MR) is 136 cm³/mol. The highest BCUT2D eigenvalue weighted by molar-refractivity contribution is 6.05. The van der Waals surface area contributed by atoms with Crippen molar-refractivity contribution >= 4 is 33.6 Å². The van der Waals surface area contributed by atoms with Crippen LogP contribution in [0.25, 0.3) is 21.8 Å². The van der Waals surface area contributed by atoms with E-state index in [1.165, 1.54) is 18.4 Å². The minimum atomic E-state index is -0.231. The fraction of sp³-hybridized carbons (Fsp3) is 0.452. The lowest BCUT2D eigenvalue weighted by molar-refractivity contribution is -0.115. The first-order valence-electron chi connectivity index (χ1n) is 13.4. The van der Waals surface area contributed by atoms with Crippen LogP contribution in [-0.2, 0) is 9.53 Å². The number of hydrogen-bond donors (Lipinski definition) is 0. The van der Waals surface area contributed by atoms with Crippen molar-refractivity contribution in [3.63, 3.8) is 0 Å². The molecular formula is C31H31NO3. The van der Waals surface area contributed by atoms with Crippen molar-refractivity contribution in [3.8, 4) is 0 Å². The molecule has 4 heteroatoms. The average molecular weight is 466 g/mol. The predicted octanol–water partition coefficient (Wildman–Crippen LogP) is 6.67. The molecule has 0 amide bonds. The number of fused-ring (bicyclic) bond motifs is 7. The maximum absolute atomic E-state index is 13.4. The van der Waals surface area contributed by atoms with Crippen molar-refractivity contribution in [2.24, 2.45) is 29.6 Å². The normalized spacial score (nSPS) is 32.0. The van der Waals surface area contributed by atoms with Gasteiger partial charge in [0.15, 0.2) is 5.78 Å². The van der Waals surface area contributed by atoms with Crippen LogP contribution in [0.2, 0.25) is 0 Å². The topological polar surface area (TPSA) is 56.3 Å². The molecule has 178 valence electrons. The highest BCUT2D eigenvalue weighted by Crippen LogP contribution is 2.57. The number of ketones is 1. The first-order chi connectivity index (χ1) is 17.2. The summed E-state index contributed by atoms with van der Waals surface area (Å²) in [4.78, 5) is 30.2. The Morgan fingerprint density at radius 3 is 2.54 bits per heavy atom. The fourth-order valence-electron chi connectivity index (χ4n) is 8.10. The molecule has 7 rings (SSSR count). The Morgan fingerprint density at radius 2 is 1.60 bits per heavy atom. The number of pyridine rings is 1. The molecule has 0 aliphatic heterocycles. The van der Waals surface area contributed by atoms with E-state index in [4.69, 9.17) is 9.72 Å². The second-order valence-corrected chi connectivity index (χ2v) is 11.2. The Bertz CT molecular complexity index is 1370. The number of carbonyl (C=O) groups is 2. The minimum absolute atomic E-state index is 0.00837. The van der Waals surface area contributed by atoms with Crippen LogP contribution >= 0.6 is 0 Å². The number of aromatic nitrogens is 1. The zero-order valence-electron chi connectivity index (χ0n) is 20.0.